The van der Waals surface area contributed by atoms with Crippen LogP contribution in [0.4, 0.5) is 4.39 Å². The fourth-order valence-electron chi connectivity index (χ4n) is 0.961. The topological polar surface area (TPSA) is 46.2 Å². The Labute approximate surface area is 76.2 Å². The van der Waals surface area contributed by atoms with Crippen LogP contribution in [-0.4, -0.2) is 11.7 Å². The molecule has 1 aromatic rings. The molecule has 13 heavy (non-hydrogen) atoms. The third kappa shape index (κ3) is 2.55. The number of aliphatic hydroxyl groups excluding tert-OH is 1. The summed E-state index contributed by atoms with van der Waals surface area (Å²) in [6.07, 6.45) is 0. The van der Waals surface area contributed by atoms with Gasteiger partial charge in [-0.05, 0) is 23.8 Å². The van der Waals surface area contributed by atoms with Gasteiger partial charge in [-0.15, -0.1) is 0 Å². The van der Waals surface area contributed by atoms with Gasteiger partial charge in [0, 0.05) is 5.56 Å². The molecule has 0 aliphatic heterocycles. The van der Waals surface area contributed by atoms with Gasteiger partial charge in [-0.1, -0.05) is 11.8 Å². The zero-order valence-corrected chi connectivity index (χ0v) is 7.05. The highest BCUT2D eigenvalue weighted by molar-refractivity contribution is 5.41. The van der Waals surface area contributed by atoms with E-state index >= 15 is 0 Å². The van der Waals surface area contributed by atoms with Gasteiger partial charge in [-0.2, -0.15) is 0 Å². The van der Waals surface area contributed by atoms with Crippen LogP contribution in [0, 0.1) is 17.7 Å². The largest absolute Gasteiger partial charge is 0.392 e. The fourth-order valence-corrected chi connectivity index (χ4v) is 0.961. The van der Waals surface area contributed by atoms with E-state index < -0.39 is 0 Å². The second-order valence-electron chi connectivity index (χ2n) is 2.47. The van der Waals surface area contributed by atoms with Crippen LogP contribution in [-0.2, 0) is 6.61 Å². The van der Waals surface area contributed by atoms with E-state index in [1.54, 1.807) is 0 Å². The number of nitrogens with two attached hydrogens (primary N) is 1. The molecule has 0 aliphatic rings. The predicted octanol–water partition coefficient (Wildman–Crippen LogP) is 0.628. The van der Waals surface area contributed by atoms with Crippen molar-refractivity contribution in [3.8, 4) is 11.8 Å². The lowest BCUT2D eigenvalue weighted by Gasteiger charge is -1.99. The van der Waals surface area contributed by atoms with Crippen molar-refractivity contribution in [1.29, 1.82) is 0 Å². The van der Waals surface area contributed by atoms with E-state index in [4.69, 9.17) is 10.8 Å². The van der Waals surface area contributed by atoms with Crippen molar-refractivity contribution in [3.63, 3.8) is 0 Å². The summed E-state index contributed by atoms with van der Waals surface area (Å²) in [6, 6.07) is 4.10. The van der Waals surface area contributed by atoms with Gasteiger partial charge >= 0.3 is 0 Å². The van der Waals surface area contributed by atoms with Crippen LogP contribution in [0.1, 0.15) is 11.1 Å². The van der Waals surface area contributed by atoms with Crippen LogP contribution >= 0.6 is 0 Å². The third-order valence-electron chi connectivity index (χ3n) is 1.56. The van der Waals surface area contributed by atoms with Crippen molar-refractivity contribution >= 4 is 0 Å². The Morgan fingerprint density at radius 1 is 1.46 bits per heavy atom. The quantitative estimate of drug-likeness (QED) is 0.621. The SMILES string of the molecule is NCC#Cc1ccc(F)cc1CO. The van der Waals surface area contributed by atoms with Crippen molar-refractivity contribution in [2.45, 2.75) is 6.61 Å². The zero-order valence-electron chi connectivity index (χ0n) is 7.05. The first kappa shape index (κ1) is 9.72. The zero-order chi connectivity index (χ0) is 9.68. The van der Waals surface area contributed by atoms with Crippen molar-refractivity contribution in [2.75, 3.05) is 6.54 Å². The summed E-state index contributed by atoms with van der Waals surface area (Å²) in [7, 11) is 0. The lowest BCUT2D eigenvalue weighted by molar-refractivity contribution is 0.281. The van der Waals surface area contributed by atoms with Crippen LogP contribution in [0.3, 0.4) is 0 Å². The Kier molecular flexibility index (Phi) is 3.44. The van der Waals surface area contributed by atoms with Gasteiger partial charge in [-0.3, -0.25) is 0 Å². The van der Waals surface area contributed by atoms with Crippen molar-refractivity contribution in [2.24, 2.45) is 5.73 Å². The number of hydrogen-bond acceptors (Lipinski definition) is 2. The number of rotatable bonds is 1. The second-order valence-corrected chi connectivity index (χ2v) is 2.47. The van der Waals surface area contributed by atoms with Crippen molar-refractivity contribution < 1.29 is 9.50 Å². The average molecular weight is 179 g/mol. The summed E-state index contributed by atoms with van der Waals surface area (Å²) in [6.45, 7) is 0.0363. The maximum absolute atomic E-state index is 12.7. The molecule has 68 valence electrons. The van der Waals surface area contributed by atoms with Gasteiger partial charge in [0.25, 0.3) is 0 Å². The first-order chi connectivity index (χ1) is 6.27. The van der Waals surface area contributed by atoms with Crippen LogP contribution in [0.15, 0.2) is 18.2 Å². The van der Waals surface area contributed by atoms with E-state index in [2.05, 4.69) is 11.8 Å². The molecule has 0 atom stereocenters. The van der Waals surface area contributed by atoms with E-state index in [0.29, 0.717) is 11.1 Å². The molecular weight excluding hydrogens is 169 g/mol. The Morgan fingerprint density at radius 2 is 2.23 bits per heavy atom. The van der Waals surface area contributed by atoms with E-state index in [-0.39, 0.29) is 19.0 Å². The van der Waals surface area contributed by atoms with Crippen molar-refractivity contribution in [1.82, 2.24) is 0 Å². The van der Waals surface area contributed by atoms with Gasteiger partial charge in [0.2, 0.25) is 0 Å². The minimum Gasteiger partial charge on any atom is -0.392 e. The lowest BCUT2D eigenvalue weighted by atomic mass is 10.1. The summed E-state index contributed by atoms with van der Waals surface area (Å²) in [5.74, 6) is 5.02. The smallest absolute Gasteiger partial charge is 0.123 e. The standard InChI is InChI=1S/C10H10FNO/c11-10-4-3-8(2-1-5-12)9(6-10)7-13/h3-4,6,13H,5,7,12H2. The highest BCUT2D eigenvalue weighted by atomic mass is 19.1. The van der Waals surface area contributed by atoms with Crippen LogP contribution in [0.5, 0.6) is 0 Å². The predicted molar refractivity (Wildman–Crippen MR) is 48.3 cm³/mol. The monoisotopic (exact) mass is 179 g/mol. The molecule has 0 aromatic heterocycles. The molecule has 1 aromatic carbocycles. The summed E-state index contributed by atoms with van der Waals surface area (Å²) >= 11 is 0. The molecule has 0 amide bonds. The Hall–Kier alpha value is -1.37. The molecule has 0 unspecified atom stereocenters. The number of hydrogen-bond donors (Lipinski definition) is 2. The summed E-state index contributed by atoms with van der Waals surface area (Å²) in [4.78, 5) is 0. The molecule has 0 fully saturated rings. The second kappa shape index (κ2) is 4.61. The summed E-state index contributed by atoms with van der Waals surface area (Å²) < 4.78 is 12.7. The molecule has 0 radical (unpaired) electrons. The first-order valence-corrected chi connectivity index (χ1v) is 3.86. The van der Waals surface area contributed by atoms with E-state index in [1.165, 1.54) is 18.2 Å². The molecule has 0 bridgehead atoms. The van der Waals surface area contributed by atoms with Gasteiger partial charge in [0.05, 0.1) is 13.2 Å². The molecule has 3 N–H and O–H groups in total. The normalized spacial score (nSPS) is 9.15. The Balaban J connectivity index is 3.06. The molecule has 0 heterocycles. The van der Waals surface area contributed by atoms with Crippen LogP contribution in [0.25, 0.3) is 0 Å². The minimum atomic E-state index is -0.373. The number of aliphatic hydroxyl groups is 1. The van der Waals surface area contributed by atoms with Gasteiger partial charge in [0.15, 0.2) is 0 Å². The van der Waals surface area contributed by atoms with E-state index in [0.717, 1.165) is 0 Å². The third-order valence-corrected chi connectivity index (χ3v) is 1.56. The molecule has 3 heteroatoms. The molecule has 0 aliphatic carbocycles. The first-order valence-electron chi connectivity index (χ1n) is 3.86. The van der Waals surface area contributed by atoms with Gasteiger partial charge < -0.3 is 10.8 Å². The fraction of sp³-hybridized carbons (Fsp3) is 0.200. The average Bonchev–Trinajstić information content (AvgIpc) is 2.16. The summed E-state index contributed by atoms with van der Waals surface area (Å²) in [5.41, 5.74) is 6.29. The van der Waals surface area contributed by atoms with E-state index in [1.807, 2.05) is 0 Å². The molecule has 0 saturated carbocycles. The van der Waals surface area contributed by atoms with Crippen LogP contribution in [0.2, 0.25) is 0 Å². The molecular formula is C10H10FNO. The summed E-state index contributed by atoms with van der Waals surface area (Å²) in [5, 5.41) is 8.88. The highest BCUT2D eigenvalue weighted by Gasteiger charge is 1.99. The maximum Gasteiger partial charge on any atom is 0.123 e. The number of benzene rings is 1. The molecule has 0 saturated heterocycles. The Bertz CT molecular complexity index is 352. The highest BCUT2D eigenvalue weighted by Crippen LogP contribution is 2.09. The van der Waals surface area contributed by atoms with Gasteiger partial charge in [0.1, 0.15) is 5.82 Å². The van der Waals surface area contributed by atoms with Crippen LogP contribution < -0.4 is 5.73 Å². The maximum atomic E-state index is 12.7. The number of halogens is 1. The molecule has 2 nitrogen and oxygen atoms in total. The van der Waals surface area contributed by atoms with Crippen molar-refractivity contribution in [3.05, 3.63) is 35.1 Å². The van der Waals surface area contributed by atoms with Gasteiger partial charge in [-0.25, -0.2) is 4.39 Å². The Morgan fingerprint density at radius 3 is 2.85 bits per heavy atom. The van der Waals surface area contributed by atoms with E-state index in [9.17, 15) is 4.39 Å². The molecule has 1 rings (SSSR count). The molecule has 0 spiro atoms. The minimum absolute atomic E-state index is 0.216. The lowest BCUT2D eigenvalue weighted by Crippen LogP contribution is -1.95.